The summed E-state index contributed by atoms with van der Waals surface area (Å²) in [5, 5.41) is -0.443. The Morgan fingerprint density at radius 1 is 0.947 bits per heavy atom. The van der Waals surface area contributed by atoms with Crippen LogP contribution in [0.15, 0.2) is 42.5 Å². The minimum atomic E-state index is -0.443. The Morgan fingerprint density at radius 3 is 2.05 bits per heavy atom. The summed E-state index contributed by atoms with van der Waals surface area (Å²) in [5.74, 6) is 0.242. The summed E-state index contributed by atoms with van der Waals surface area (Å²) in [5.41, 5.74) is 3.62. The zero-order valence-electron chi connectivity index (χ0n) is 11.5. The summed E-state index contributed by atoms with van der Waals surface area (Å²) in [7, 11) is 0. The van der Waals surface area contributed by atoms with Gasteiger partial charge >= 0.3 is 0 Å². The average Bonchev–Trinajstić information content (AvgIpc) is 2.38. The molecular formula is C17H18ClF. The lowest BCUT2D eigenvalue weighted by molar-refractivity contribution is 0.611. The fourth-order valence-electron chi connectivity index (χ4n) is 2.07. The number of hydrogen-bond donors (Lipinski definition) is 0. The van der Waals surface area contributed by atoms with Crippen molar-refractivity contribution in [1.82, 2.24) is 0 Å². The van der Waals surface area contributed by atoms with E-state index in [-0.39, 0.29) is 5.82 Å². The third-order valence-electron chi connectivity index (χ3n) is 3.32. The molecule has 0 saturated carbocycles. The van der Waals surface area contributed by atoms with Crippen molar-refractivity contribution in [2.45, 2.75) is 32.1 Å². The molecule has 2 aromatic carbocycles. The molecule has 2 rings (SSSR count). The minimum absolute atomic E-state index is 0.243. The second kappa shape index (κ2) is 5.75. The molecule has 1 unspecified atom stereocenters. The van der Waals surface area contributed by atoms with Crippen LogP contribution < -0.4 is 0 Å². The molecule has 100 valence electrons. The van der Waals surface area contributed by atoms with Crippen LogP contribution in [0.4, 0.5) is 4.39 Å². The first kappa shape index (κ1) is 14.1. The zero-order valence-corrected chi connectivity index (χ0v) is 12.2. The number of rotatable bonds is 3. The molecule has 0 radical (unpaired) electrons. The summed E-state index contributed by atoms with van der Waals surface area (Å²) >= 11 is 6.38. The lowest BCUT2D eigenvalue weighted by atomic mass is 9.98. The molecule has 0 spiro atoms. The number of aryl methyl sites for hydroxylation is 1. The summed E-state index contributed by atoms with van der Waals surface area (Å²) < 4.78 is 13.9. The first-order chi connectivity index (χ1) is 8.99. The van der Waals surface area contributed by atoms with Crippen LogP contribution in [0.3, 0.4) is 0 Å². The van der Waals surface area contributed by atoms with E-state index >= 15 is 0 Å². The maximum absolute atomic E-state index is 13.9. The van der Waals surface area contributed by atoms with Gasteiger partial charge in [-0.1, -0.05) is 50.2 Å². The molecule has 0 N–H and O–H groups in total. The summed E-state index contributed by atoms with van der Waals surface area (Å²) in [6.45, 7) is 6.16. The Hall–Kier alpha value is -1.34. The van der Waals surface area contributed by atoms with E-state index in [1.807, 2.05) is 25.1 Å². The van der Waals surface area contributed by atoms with Crippen molar-refractivity contribution >= 4 is 11.6 Å². The molecule has 2 aromatic rings. The van der Waals surface area contributed by atoms with E-state index in [1.165, 1.54) is 11.6 Å². The molecule has 0 bridgehead atoms. The number of hydrogen-bond acceptors (Lipinski definition) is 0. The van der Waals surface area contributed by atoms with Crippen LogP contribution in [0.5, 0.6) is 0 Å². The molecule has 0 nitrogen and oxygen atoms in total. The van der Waals surface area contributed by atoms with Crippen LogP contribution in [0.1, 0.15) is 47.4 Å². The monoisotopic (exact) mass is 276 g/mol. The summed E-state index contributed by atoms with van der Waals surface area (Å²) in [6.07, 6.45) is 0. The molecule has 0 aliphatic heterocycles. The highest BCUT2D eigenvalue weighted by Gasteiger charge is 2.15. The van der Waals surface area contributed by atoms with Crippen molar-refractivity contribution in [3.8, 4) is 0 Å². The van der Waals surface area contributed by atoms with E-state index in [4.69, 9.17) is 11.6 Å². The molecule has 0 heterocycles. The van der Waals surface area contributed by atoms with Gasteiger partial charge in [0.15, 0.2) is 0 Å². The van der Waals surface area contributed by atoms with Gasteiger partial charge in [-0.15, -0.1) is 11.6 Å². The zero-order chi connectivity index (χ0) is 14.0. The Labute approximate surface area is 119 Å². The van der Waals surface area contributed by atoms with Gasteiger partial charge in [0.2, 0.25) is 0 Å². The Balaban J connectivity index is 2.30. The van der Waals surface area contributed by atoms with Crippen molar-refractivity contribution in [1.29, 1.82) is 0 Å². The molecular weight excluding hydrogens is 259 g/mol. The van der Waals surface area contributed by atoms with Gasteiger partial charge in [0.25, 0.3) is 0 Å². The number of alkyl halides is 1. The van der Waals surface area contributed by atoms with Crippen molar-refractivity contribution in [3.05, 3.63) is 70.5 Å². The SMILES string of the molecule is Cc1ccc(C(Cl)c2ccc(C(C)C)cc2)c(F)c1. The lowest BCUT2D eigenvalue weighted by Gasteiger charge is -2.13. The number of halogens is 2. The van der Waals surface area contributed by atoms with Crippen LogP contribution in [-0.2, 0) is 0 Å². The van der Waals surface area contributed by atoms with E-state index in [2.05, 4.69) is 26.0 Å². The van der Waals surface area contributed by atoms with E-state index in [1.54, 1.807) is 6.07 Å². The largest absolute Gasteiger partial charge is 0.207 e. The third kappa shape index (κ3) is 3.16. The van der Waals surface area contributed by atoms with Crippen LogP contribution in [0.2, 0.25) is 0 Å². The lowest BCUT2D eigenvalue weighted by Crippen LogP contribution is -1.98. The summed E-state index contributed by atoms with van der Waals surface area (Å²) in [4.78, 5) is 0. The van der Waals surface area contributed by atoms with Gasteiger partial charge < -0.3 is 0 Å². The van der Waals surface area contributed by atoms with E-state index in [0.29, 0.717) is 11.5 Å². The maximum Gasteiger partial charge on any atom is 0.128 e. The van der Waals surface area contributed by atoms with Crippen LogP contribution in [0.25, 0.3) is 0 Å². The third-order valence-corrected chi connectivity index (χ3v) is 3.81. The van der Waals surface area contributed by atoms with Crippen molar-refractivity contribution in [3.63, 3.8) is 0 Å². The molecule has 2 heteroatoms. The number of benzene rings is 2. The minimum Gasteiger partial charge on any atom is -0.207 e. The highest BCUT2D eigenvalue weighted by Crippen LogP contribution is 2.31. The fourth-order valence-corrected chi connectivity index (χ4v) is 2.39. The Bertz CT molecular complexity index is 558. The highest BCUT2D eigenvalue weighted by atomic mass is 35.5. The van der Waals surface area contributed by atoms with Gasteiger partial charge in [-0.2, -0.15) is 0 Å². The van der Waals surface area contributed by atoms with Gasteiger partial charge in [-0.3, -0.25) is 0 Å². The molecule has 0 saturated heterocycles. The van der Waals surface area contributed by atoms with Crippen LogP contribution in [0, 0.1) is 12.7 Å². The van der Waals surface area contributed by atoms with E-state index in [0.717, 1.165) is 11.1 Å². The van der Waals surface area contributed by atoms with Gasteiger partial charge in [0, 0.05) is 5.56 Å². The Kier molecular flexibility index (Phi) is 4.26. The molecule has 0 amide bonds. The average molecular weight is 277 g/mol. The molecule has 0 aliphatic carbocycles. The molecule has 19 heavy (non-hydrogen) atoms. The quantitative estimate of drug-likeness (QED) is 0.642. The predicted molar refractivity (Wildman–Crippen MR) is 79.4 cm³/mol. The highest BCUT2D eigenvalue weighted by molar-refractivity contribution is 6.22. The molecule has 0 aliphatic rings. The Morgan fingerprint density at radius 2 is 1.53 bits per heavy atom. The maximum atomic E-state index is 13.9. The molecule has 0 aromatic heterocycles. The van der Waals surface area contributed by atoms with Gasteiger partial charge in [0.1, 0.15) is 5.82 Å². The van der Waals surface area contributed by atoms with Gasteiger partial charge in [-0.05, 0) is 35.6 Å². The smallest absolute Gasteiger partial charge is 0.128 e. The van der Waals surface area contributed by atoms with E-state index < -0.39 is 5.38 Å². The first-order valence-electron chi connectivity index (χ1n) is 6.49. The summed E-state index contributed by atoms with van der Waals surface area (Å²) in [6, 6.07) is 13.2. The van der Waals surface area contributed by atoms with Crippen molar-refractivity contribution in [2.75, 3.05) is 0 Å². The van der Waals surface area contributed by atoms with Crippen molar-refractivity contribution in [2.24, 2.45) is 0 Å². The van der Waals surface area contributed by atoms with Crippen LogP contribution in [-0.4, -0.2) is 0 Å². The molecule has 0 fully saturated rings. The topological polar surface area (TPSA) is 0 Å². The second-order valence-electron chi connectivity index (χ2n) is 5.21. The predicted octanol–water partition coefficient (Wildman–Crippen LogP) is 5.59. The fraction of sp³-hybridized carbons (Fsp3) is 0.294. The normalized spacial score (nSPS) is 12.7. The second-order valence-corrected chi connectivity index (χ2v) is 5.65. The van der Waals surface area contributed by atoms with Gasteiger partial charge in [0.05, 0.1) is 5.38 Å². The van der Waals surface area contributed by atoms with Crippen molar-refractivity contribution < 1.29 is 4.39 Å². The standard InChI is InChI=1S/C17H18ClF/c1-11(2)13-5-7-14(8-6-13)17(18)15-9-4-12(3)10-16(15)19/h4-11,17H,1-3H3. The molecule has 1 atom stereocenters. The van der Waals surface area contributed by atoms with Gasteiger partial charge in [-0.25, -0.2) is 4.39 Å². The van der Waals surface area contributed by atoms with E-state index in [9.17, 15) is 4.39 Å². The first-order valence-corrected chi connectivity index (χ1v) is 6.92. The van der Waals surface area contributed by atoms with Crippen LogP contribution >= 0.6 is 11.6 Å².